The van der Waals surface area contributed by atoms with E-state index in [1.165, 1.54) is 6.26 Å². The van der Waals surface area contributed by atoms with Crippen molar-refractivity contribution < 1.29 is 9.32 Å². The van der Waals surface area contributed by atoms with Crippen LogP contribution in [0.3, 0.4) is 0 Å². The normalized spacial score (nSPS) is 15.5. The molecule has 3 rings (SSSR count). The smallest absolute Gasteiger partial charge is 0.279 e. The quantitative estimate of drug-likeness (QED) is 0.754. The number of amides is 1. The fourth-order valence-electron chi connectivity index (χ4n) is 1.48. The number of aromatic nitrogens is 4. The van der Waals surface area contributed by atoms with E-state index in [0.717, 1.165) is 13.1 Å². The summed E-state index contributed by atoms with van der Waals surface area (Å²) in [6, 6.07) is 1.84. The van der Waals surface area contributed by atoms with Gasteiger partial charge < -0.3 is 15.2 Å². The zero-order valence-electron chi connectivity index (χ0n) is 8.83. The largest absolute Gasteiger partial charge is 0.363 e. The molecule has 0 atom stereocenters. The molecule has 0 bridgehead atoms. The molecule has 1 aliphatic heterocycles. The zero-order chi connectivity index (χ0) is 11.7. The first-order chi connectivity index (χ1) is 8.33. The van der Waals surface area contributed by atoms with Crippen LogP contribution in [0.15, 0.2) is 23.0 Å². The molecule has 0 saturated carbocycles. The highest BCUT2D eigenvalue weighted by Crippen LogP contribution is 2.10. The molecule has 1 fully saturated rings. The molecule has 0 aliphatic carbocycles. The Morgan fingerprint density at radius 2 is 2.47 bits per heavy atom. The molecule has 0 radical (unpaired) electrons. The average Bonchev–Trinajstić information content (AvgIpc) is 2.85. The Hall–Kier alpha value is -2.22. The van der Waals surface area contributed by atoms with Crippen LogP contribution in [-0.2, 0) is 0 Å². The molecule has 8 nitrogen and oxygen atoms in total. The van der Waals surface area contributed by atoms with Crippen molar-refractivity contribution in [3.63, 3.8) is 0 Å². The maximum absolute atomic E-state index is 11.7. The summed E-state index contributed by atoms with van der Waals surface area (Å²) in [6.07, 6.45) is 3.01. The lowest BCUT2D eigenvalue weighted by atomic mass is 10.2. The van der Waals surface area contributed by atoms with Crippen LogP contribution in [0.5, 0.6) is 0 Å². The van der Waals surface area contributed by atoms with Crippen LogP contribution in [-0.4, -0.2) is 39.1 Å². The molecule has 0 unspecified atom stereocenters. The van der Waals surface area contributed by atoms with Crippen molar-refractivity contribution in [2.45, 2.75) is 6.04 Å². The summed E-state index contributed by atoms with van der Waals surface area (Å²) in [6.45, 7) is 1.71. The Balaban J connectivity index is 1.70. The van der Waals surface area contributed by atoms with E-state index in [0.29, 0.717) is 5.82 Å². The number of rotatable bonds is 3. The number of hydrogen-bond acceptors (Lipinski definition) is 6. The Labute approximate surface area is 96.0 Å². The van der Waals surface area contributed by atoms with Gasteiger partial charge in [0.2, 0.25) is 0 Å². The molecule has 2 aromatic heterocycles. The lowest BCUT2D eigenvalue weighted by molar-refractivity contribution is 0.102. The van der Waals surface area contributed by atoms with E-state index in [-0.39, 0.29) is 17.6 Å². The van der Waals surface area contributed by atoms with Gasteiger partial charge in [0.15, 0.2) is 11.5 Å². The average molecular weight is 234 g/mol. The van der Waals surface area contributed by atoms with Crippen LogP contribution >= 0.6 is 0 Å². The van der Waals surface area contributed by atoms with Gasteiger partial charge in [-0.15, -0.1) is 5.10 Å². The topological polar surface area (TPSA) is 97.9 Å². The second-order valence-electron chi connectivity index (χ2n) is 3.73. The Kier molecular flexibility index (Phi) is 2.33. The molecule has 2 N–H and O–H groups in total. The molecule has 88 valence electrons. The Bertz CT molecular complexity index is 515. The highest BCUT2D eigenvalue weighted by atomic mass is 16.5. The number of anilines is 1. The lowest BCUT2D eigenvalue weighted by Crippen LogP contribution is -2.43. The zero-order valence-corrected chi connectivity index (χ0v) is 8.83. The number of carbonyl (C=O) groups is 1. The number of nitrogens with zero attached hydrogens (tertiary/aromatic N) is 4. The van der Waals surface area contributed by atoms with E-state index in [1.807, 2.05) is 0 Å². The minimum absolute atomic E-state index is 0.264. The van der Waals surface area contributed by atoms with Crippen LogP contribution in [0.25, 0.3) is 0 Å². The summed E-state index contributed by atoms with van der Waals surface area (Å²) in [7, 11) is 0. The fraction of sp³-hybridized carbons (Fsp3) is 0.333. The van der Waals surface area contributed by atoms with Gasteiger partial charge in [-0.2, -0.15) is 0 Å². The van der Waals surface area contributed by atoms with Gasteiger partial charge in [0.25, 0.3) is 5.91 Å². The number of nitrogens with one attached hydrogen (secondary N) is 2. The lowest BCUT2D eigenvalue weighted by Gasteiger charge is -2.26. The van der Waals surface area contributed by atoms with Gasteiger partial charge in [-0.25, -0.2) is 4.68 Å². The van der Waals surface area contributed by atoms with Crippen molar-refractivity contribution >= 4 is 11.7 Å². The van der Waals surface area contributed by atoms with Gasteiger partial charge >= 0.3 is 0 Å². The number of carbonyl (C=O) groups excluding carboxylic acids is 1. The predicted octanol–water partition coefficient (Wildman–Crippen LogP) is -0.337. The molecule has 0 spiro atoms. The standard InChI is InChI=1S/C9H10N6O2/c16-9(11-8-1-2-17-13-8)7-5-15(14-12-7)6-3-10-4-6/h1-2,5-6,10H,3-4H2,(H,11,13,16). The molecule has 17 heavy (non-hydrogen) atoms. The van der Waals surface area contributed by atoms with E-state index in [4.69, 9.17) is 0 Å². The van der Waals surface area contributed by atoms with Crippen molar-refractivity contribution in [1.82, 2.24) is 25.5 Å². The monoisotopic (exact) mass is 234 g/mol. The molecule has 1 saturated heterocycles. The van der Waals surface area contributed by atoms with E-state index in [2.05, 4.69) is 30.6 Å². The van der Waals surface area contributed by atoms with E-state index < -0.39 is 0 Å². The van der Waals surface area contributed by atoms with Crippen molar-refractivity contribution in [2.75, 3.05) is 18.4 Å². The first kappa shape index (κ1) is 9.97. The van der Waals surface area contributed by atoms with Gasteiger partial charge in [-0.05, 0) is 0 Å². The highest BCUT2D eigenvalue weighted by Gasteiger charge is 2.21. The van der Waals surface area contributed by atoms with Gasteiger partial charge in [-0.1, -0.05) is 10.4 Å². The molecule has 8 heteroatoms. The van der Waals surface area contributed by atoms with Gasteiger partial charge in [-0.3, -0.25) is 4.79 Å². The van der Waals surface area contributed by atoms with Crippen LogP contribution in [0, 0.1) is 0 Å². The molecular weight excluding hydrogens is 224 g/mol. The molecule has 2 aromatic rings. The second kappa shape index (κ2) is 3.98. The van der Waals surface area contributed by atoms with Crippen molar-refractivity contribution in [3.8, 4) is 0 Å². The molecular formula is C9H10N6O2. The van der Waals surface area contributed by atoms with Crippen LogP contribution in [0.2, 0.25) is 0 Å². The summed E-state index contributed by atoms with van der Waals surface area (Å²) in [5.74, 6) is 0.00675. The molecule has 1 amide bonds. The first-order valence-electron chi connectivity index (χ1n) is 5.17. The van der Waals surface area contributed by atoms with E-state index in [1.54, 1.807) is 16.9 Å². The minimum atomic E-state index is -0.350. The van der Waals surface area contributed by atoms with E-state index in [9.17, 15) is 4.79 Å². The minimum Gasteiger partial charge on any atom is -0.363 e. The van der Waals surface area contributed by atoms with Gasteiger partial charge in [0.05, 0.1) is 12.2 Å². The molecule has 1 aliphatic rings. The molecule has 0 aromatic carbocycles. The third-order valence-electron chi connectivity index (χ3n) is 2.56. The van der Waals surface area contributed by atoms with Crippen molar-refractivity contribution in [2.24, 2.45) is 0 Å². The third-order valence-corrected chi connectivity index (χ3v) is 2.56. The Morgan fingerprint density at radius 3 is 3.12 bits per heavy atom. The van der Waals surface area contributed by atoms with Gasteiger partial charge in [0, 0.05) is 19.2 Å². The maximum atomic E-state index is 11.7. The van der Waals surface area contributed by atoms with Crippen LogP contribution in [0.1, 0.15) is 16.5 Å². The van der Waals surface area contributed by atoms with Gasteiger partial charge in [0.1, 0.15) is 6.26 Å². The summed E-state index contributed by atoms with van der Waals surface area (Å²) < 4.78 is 6.30. The van der Waals surface area contributed by atoms with Crippen molar-refractivity contribution in [1.29, 1.82) is 0 Å². The summed E-state index contributed by atoms with van der Waals surface area (Å²) in [4.78, 5) is 11.7. The Morgan fingerprint density at radius 1 is 1.59 bits per heavy atom. The van der Waals surface area contributed by atoms with E-state index >= 15 is 0 Å². The predicted molar refractivity (Wildman–Crippen MR) is 56.4 cm³/mol. The van der Waals surface area contributed by atoms with Crippen molar-refractivity contribution in [3.05, 3.63) is 24.2 Å². The third kappa shape index (κ3) is 1.89. The summed E-state index contributed by atoms with van der Waals surface area (Å²) in [5, 5.41) is 17.0. The number of hydrogen-bond donors (Lipinski definition) is 2. The maximum Gasteiger partial charge on any atom is 0.279 e. The van der Waals surface area contributed by atoms with Crippen LogP contribution < -0.4 is 10.6 Å². The molecule has 3 heterocycles. The summed E-state index contributed by atoms with van der Waals surface area (Å²) >= 11 is 0. The summed E-state index contributed by atoms with van der Waals surface area (Å²) in [5.41, 5.74) is 0.264. The highest BCUT2D eigenvalue weighted by molar-refractivity contribution is 6.01. The SMILES string of the molecule is O=C(Nc1ccon1)c1cn(C2CNC2)nn1. The fourth-order valence-corrected chi connectivity index (χ4v) is 1.48. The second-order valence-corrected chi connectivity index (χ2v) is 3.73. The first-order valence-corrected chi connectivity index (χ1v) is 5.17. The van der Waals surface area contributed by atoms with Crippen LogP contribution in [0.4, 0.5) is 5.82 Å².